The van der Waals surface area contributed by atoms with Gasteiger partial charge in [0.1, 0.15) is 17.8 Å². The summed E-state index contributed by atoms with van der Waals surface area (Å²) in [6, 6.07) is 12.4. The van der Waals surface area contributed by atoms with Crippen LogP contribution in [0, 0.1) is 11.3 Å². The van der Waals surface area contributed by atoms with Crippen LogP contribution in [0.3, 0.4) is 0 Å². The Morgan fingerprint density at radius 1 is 1.28 bits per heavy atom. The topological polar surface area (TPSA) is 107 Å². The molecule has 0 bridgehead atoms. The molecule has 148 valence electrons. The number of amides is 4. The molecule has 1 aliphatic heterocycles. The zero-order chi connectivity index (χ0) is 20.4. The first kappa shape index (κ1) is 18.7. The van der Waals surface area contributed by atoms with Crippen LogP contribution in [0.25, 0.3) is 0 Å². The summed E-state index contributed by atoms with van der Waals surface area (Å²) in [7, 11) is 0. The van der Waals surface area contributed by atoms with Gasteiger partial charge in [-0.3, -0.25) is 14.5 Å². The number of fused-ring (bicyclic) bond motifs is 2. The quantitative estimate of drug-likeness (QED) is 0.756. The van der Waals surface area contributed by atoms with Crippen LogP contribution in [0.4, 0.5) is 4.79 Å². The van der Waals surface area contributed by atoms with Crippen molar-refractivity contribution in [3.63, 3.8) is 0 Å². The van der Waals surface area contributed by atoms with Crippen molar-refractivity contribution in [2.75, 3.05) is 13.1 Å². The number of furan rings is 1. The fourth-order valence-corrected chi connectivity index (χ4v) is 4.04. The minimum atomic E-state index is -1.09. The number of nitriles is 1. The molecule has 0 saturated carbocycles. The molecule has 8 heteroatoms. The summed E-state index contributed by atoms with van der Waals surface area (Å²) in [4.78, 5) is 41.1. The van der Waals surface area contributed by atoms with E-state index >= 15 is 0 Å². The lowest BCUT2D eigenvalue weighted by atomic mass is 9.92. The van der Waals surface area contributed by atoms with Crippen molar-refractivity contribution in [1.82, 2.24) is 15.1 Å². The van der Waals surface area contributed by atoms with Gasteiger partial charge in [0.15, 0.2) is 0 Å². The van der Waals surface area contributed by atoms with Gasteiger partial charge in [-0.05, 0) is 36.1 Å². The number of nitrogens with one attached hydrogen (secondary N) is 1. The Bertz CT molecular complexity index is 994. The zero-order valence-electron chi connectivity index (χ0n) is 15.8. The highest BCUT2D eigenvalue weighted by Crippen LogP contribution is 2.41. The number of nitrogens with zero attached hydrogens (tertiary/aromatic N) is 3. The van der Waals surface area contributed by atoms with Gasteiger partial charge in [0.2, 0.25) is 5.91 Å². The predicted octanol–water partition coefficient (Wildman–Crippen LogP) is 1.92. The van der Waals surface area contributed by atoms with Gasteiger partial charge >= 0.3 is 6.03 Å². The van der Waals surface area contributed by atoms with Crippen LogP contribution in [-0.2, 0) is 28.1 Å². The number of benzene rings is 1. The molecule has 29 heavy (non-hydrogen) atoms. The van der Waals surface area contributed by atoms with Crippen molar-refractivity contribution in [3.05, 3.63) is 59.5 Å². The van der Waals surface area contributed by atoms with Gasteiger partial charge in [-0.1, -0.05) is 24.3 Å². The van der Waals surface area contributed by atoms with Crippen molar-refractivity contribution >= 4 is 17.8 Å². The van der Waals surface area contributed by atoms with Crippen LogP contribution in [0.15, 0.2) is 47.1 Å². The fraction of sp³-hybridized carbons (Fsp3) is 0.333. The predicted molar refractivity (Wildman–Crippen MR) is 101 cm³/mol. The zero-order valence-corrected chi connectivity index (χ0v) is 15.8. The molecule has 1 N–H and O–H groups in total. The lowest BCUT2D eigenvalue weighted by Gasteiger charge is -2.24. The highest BCUT2D eigenvalue weighted by atomic mass is 16.3. The average Bonchev–Trinajstić information content (AvgIpc) is 3.42. The third-order valence-corrected chi connectivity index (χ3v) is 5.49. The van der Waals surface area contributed by atoms with E-state index in [1.54, 1.807) is 12.1 Å². The van der Waals surface area contributed by atoms with Crippen molar-refractivity contribution in [1.29, 1.82) is 5.26 Å². The molecule has 1 fully saturated rings. The van der Waals surface area contributed by atoms with Crippen molar-refractivity contribution < 1.29 is 18.8 Å². The average molecular weight is 392 g/mol. The maximum Gasteiger partial charge on any atom is 0.325 e. The summed E-state index contributed by atoms with van der Waals surface area (Å²) >= 11 is 0. The monoisotopic (exact) mass is 392 g/mol. The van der Waals surface area contributed by atoms with Crippen molar-refractivity contribution in [2.24, 2.45) is 0 Å². The molecule has 2 aliphatic rings. The van der Waals surface area contributed by atoms with Gasteiger partial charge in [0.05, 0.1) is 25.3 Å². The van der Waals surface area contributed by atoms with E-state index in [4.69, 9.17) is 9.68 Å². The third-order valence-electron chi connectivity index (χ3n) is 5.49. The summed E-state index contributed by atoms with van der Waals surface area (Å²) in [5.41, 5.74) is 0.736. The van der Waals surface area contributed by atoms with Gasteiger partial charge in [-0.25, -0.2) is 4.79 Å². The highest BCUT2D eigenvalue weighted by molar-refractivity contribution is 6.09. The third kappa shape index (κ3) is 3.25. The number of urea groups is 1. The van der Waals surface area contributed by atoms with E-state index in [2.05, 4.69) is 5.32 Å². The maximum absolute atomic E-state index is 13.2. The van der Waals surface area contributed by atoms with Crippen LogP contribution < -0.4 is 5.32 Å². The van der Waals surface area contributed by atoms with E-state index in [1.165, 1.54) is 11.2 Å². The van der Waals surface area contributed by atoms with Crippen LogP contribution in [0.2, 0.25) is 0 Å². The van der Waals surface area contributed by atoms with Gasteiger partial charge in [0.25, 0.3) is 5.91 Å². The number of rotatable bonds is 6. The van der Waals surface area contributed by atoms with Crippen LogP contribution in [0.1, 0.15) is 29.7 Å². The molecule has 2 aromatic rings. The number of hydrogen-bond acceptors (Lipinski definition) is 5. The second-order valence-electron chi connectivity index (χ2n) is 7.19. The van der Waals surface area contributed by atoms with Crippen LogP contribution >= 0.6 is 0 Å². The molecule has 0 radical (unpaired) electrons. The Labute approximate surface area is 167 Å². The lowest BCUT2D eigenvalue weighted by Crippen LogP contribution is -2.45. The standard InChI is InChI=1S/C21H20N4O4/c22-10-4-11-24(13-16-6-3-12-29-16)18(26)14-25-19(27)21(23-20(25)28)9-8-15-5-1-2-7-17(15)21/h1-3,5-7,12H,4,8-9,11,13-14H2,(H,23,28)/t21-/m0/s1. The van der Waals surface area contributed by atoms with Crippen molar-refractivity contribution in [3.8, 4) is 6.07 Å². The summed E-state index contributed by atoms with van der Waals surface area (Å²) in [6.45, 7) is -0.0144. The summed E-state index contributed by atoms with van der Waals surface area (Å²) in [6.07, 6.45) is 2.81. The Balaban J connectivity index is 1.52. The van der Waals surface area contributed by atoms with Gasteiger partial charge in [0, 0.05) is 6.54 Å². The first-order chi connectivity index (χ1) is 14.0. The molecular formula is C21H20N4O4. The van der Waals surface area contributed by atoms with E-state index in [0.29, 0.717) is 18.6 Å². The summed E-state index contributed by atoms with van der Waals surface area (Å²) in [5.74, 6) is -0.253. The highest BCUT2D eigenvalue weighted by Gasteiger charge is 2.55. The number of carbonyl (C=O) groups is 3. The minimum absolute atomic E-state index is 0.143. The van der Waals surface area contributed by atoms with E-state index in [-0.39, 0.29) is 26.1 Å². The molecule has 8 nitrogen and oxygen atoms in total. The van der Waals surface area contributed by atoms with E-state index in [9.17, 15) is 14.4 Å². The smallest absolute Gasteiger partial charge is 0.325 e. The number of hydrogen-bond donors (Lipinski definition) is 1. The Hall–Kier alpha value is -3.60. The second kappa shape index (κ2) is 7.43. The normalized spacial score (nSPS) is 19.9. The number of imide groups is 1. The van der Waals surface area contributed by atoms with E-state index in [0.717, 1.165) is 16.0 Å². The molecule has 1 aromatic heterocycles. The van der Waals surface area contributed by atoms with Crippen molar-refractivity contribution in [2.45, 2.75) is 31.3 Å². The van der Waals surface area contributed by atoms with Gasteiger partial charge in [-0.2, -0.15) is 5.26 Å². The number of aryl methyl sites for hydroxylation is 1. The van der Waals surface area contributed by atoms with Gasteiger partial charge in [-0.15, -0.1) is 0 Å². The summed E-state index contributed by atoms with van der Waals surface area (Å²) in [5, 5.41) is 11.7. The SMILES string of the molecule is N#CCCN(Cc1ccco1)C(=O)CN1C(=O)N[C@]2(CCc3ccccc32)C1=O. The van der Waals surface area contributed by atoms with E-state index < -0.39 is 23.4 Å². The molecule has 1 aromatic carbocycles. The minimum Gasteiger partial charge on any atom is -0.467 e. The lowest BCUT2D eigenvalue weighted by molar-refractivity contribution is -0.139. The molecule has 1 saturated heterocycles. The first-order valence-corrected chi connectivity index (χ1v) is 9.45. The van der Waals surface area contributed by atoms with E-state index in [1.807, 2.05) is 30.3 Å². The first-order valence-electron chi connectivity index (χ1n) is 9.45. The molecule has 1 spiro atoms. The van der Waals surface area contributed by atoms with Crippen LogP contribution in [-0.4, -0.2) is 40.7 Å². The van der Waals surface area contributed by atoms with Gasteiger partial charge < -0.3 is 14.6 Å². The maximum atomic E-state index is 13.2. The van der Waals surface area contributed by atoms with Crippen LogP contribution in [0.5, 0.6) is 0 Å². The molecule has 2 heterocycles. The molecule has 1 aliphatic carbocycles. The number of carbonyl (C=O) groups excluding carboxylic acids is 3. The molecule has 4 amide bonds. The largest absolute Gasteiger partial charge is 0.467 e. The molecule has 4 rings (SSSR count). The molecule has 0 unspecified atom stereocenters. The molecular weight excluding hydrogens is 372 g/mol. The fourth-order valence-electron chi connectivity index (χ4n) is 4.04. The molecule has 1 atom stereocenters. The second-order valence-corrected chi connectivity index (χ2v) is 7.19. The Morgan fingerprint density at radius 3 is 2.86 bits per heavy atom. The Morgan fingerprint density at radius 2 is 2.10 bits per heavy atom. The Kier molecular flexibility index (Phi) is 4.80. The summed E-state index contributed by atoms with van der Waals surface area (Å²) < 4.78 is 5.28.